The predicted molar refractivity (Wildman–Crippen MR) is 119 cm³/mol. The summed E-state index contributed by atoms with van der Waals surface area (Å²) < 4.78 is 18.8. The zero-order valence-corrected chi connectivity index (χ0v) is 17.5. The Kier molecular flexibility index (Phi) is 6.03. The van der Waals surface area contributed by atoms with Crippen molar-refractivity contribution in [3.63, 3.8) is 0 Å². The maximum absolute atomic E-state index is 13.6. The molecular formula is C26H22FNO4. The number of benzene rings is 3. The van der Waals surface area contributed by atoms with E-state index in [1.54, 1.807) is 24.3 Å². The molecule has 3 aromatic rings. The number of amides is 1. The molecule has 0 radical (unpaired) electrons. The number of rotatable bonds is 7. The SMILES string of the molecule is COc1ccc(N2C(=O)C(O)=C(C(=O)CCc3ccccc3)C2c2ccc(F)cc2)cc1. The van der Waals surface area contributed by atoms with Gasteiger partial charge in [-0.25, -0.2) is 4.39 Å². The van der Waals surface area contributed by atoms with Crippen LogP contribution in [0.2, 0.25) is 0 Å². The van der Waals surface area contributed by atoms with Crippen molar-refractivity contribution in [3.8, 4) is 5.75 Å². The standard InChI is InChI=1S/C26H22FNO4/c1-32-21-14-12-20(13-15-21)28-24(18-8-10-19(27)11-9-18)23(25(30)26(28)31)22(29)16-7-17-5-3-2-4-6-17/h2-6,8-15,24,30H,7,16H2,1H3. The predicted octanol–water partition coefficient (Wildman–Crippen LogP) is 4.94. The molecule has 1 aliphatic rings. The van der Waals surface area contributed by atoms with Crippen LogP contribution < -0.4 is 9.64 Å². The first-order valence-electron chi connectivity index (χ1n) is 10.2. The number of aryl methyl sites for hydroxylation is 1. The van der Waals surface area contributed by atoms with E-state index in [2.05, 4.69) is 0 Å². The summed E-state index contributed by atoms with van der Waals surface area (Å²) >= 11 is 0. The summed E-state index contributed by atoms with van der Waals surface area (Å²) in [5, 5.41) is 10.7. The lowest BCUT2D eigenvalue weighted by Crippen LogP contribution is -2.31. The summed E-state index contributed by atoms with van der Waals surface area (Å²) in [6.45, 7) is 0. The first kappa shape index (κ1) is 21.3. The van der Waals surface area contributed by atoms with Crippen molar-refractivity contribution in [1.82, 2.24) is 0 Å². The molecule has 0 fully saturated rings. The Bertz CT molecular complexity index is 1150. The third kappa shape index (κ3) is 4.12. The van der Waals surface area contributed by atoms with Crippen molar-refractivity contribution in [2.45, 2.75) is 18.9 Å². The Morgan fingerprint density at radius 2 is 1.66 bits per heavy atom. The first-order valence-corrected chi connectivity index (χ1v) is 10.2. The number of anilines is 1. The molecule has 4 rings (SSSR count). The van der Waals surface area contributed by atoms with Gasteiger partial charge in [0.25, 0.3) is 5.91 Å². The number of carbonyl (C=O) groups excluding carboxylic acids is 2. The average Bonchev–Trinajstić information content (AvgIpc) is 3.09. The highest BCUT2D eigenvalue weighted by molar-refractivity contribution is 6.16. The van der Waals surface area contributed by atoms with Crippen molar-refractivity contribution in [1.29, 1.82) is 0 Å². The van der Waals surface area contributed by atoms with Gasteiger partial charge < -0.3 is 9.84 Å². The minimum Gasteiger partial charge on any atom is -0.503 e. The molecule has 1 amide bonds. The lowest BCUT2D eigenvalue weighted by atomic mass is 9.93. The van der Waals surface area contributed by atoms with E-state index in [0.29, 0.717) is 23.4 Å². The van der Waals surface area contributed by atoms with E-state index < -0.39 is 23.5 Å². The largest absolute Gasteiger partial charge is 0.503 e. The summed E-state index contributed by atoms with van der Waals surface area (Å²) in [6.07, 6.45) is 0.605. The van der Waals surface area contributed by atoms with E-state index in [0.717, 1.165) is 5.56 Å². The number of ether oxygens (including phenoxy) is 1. The van der Waals surface area contributed by atoms with Crippen LogP contribution >= 0.6 is 0 Å². The fourth-order valence-corrected chi connectivity index (χ4v) is 3.90. The van der Waals surface area contributed by atoms with Gasteiger partial charge >= 0.3 is 0 Å². The summed E-state index contributed by atoms with van der Waals surface area (Å²) in [7, 11) is 1.54. The van der Waals surface area contributed by atoms with Crippen LogP contribution in [-0.2, 0) is 16.0 Å². The number of hydrogen-bond acceptors (Lipinski definition) is 4. The number of aliphatic hydroxyl groups excluding tert-OH is 1. The number of ketones is 1. The molecule has 1 unspecified atom stereocenters. The molecule has 0 aromatic heterocycles. The number of methoxy groups -OCH3 is 1. The summed E-state index contributed by atoms with van der Waals surface area (Å²) in [6, 6.07) is 21.0. The quantitative estimate of drug-likeness (QED) is 0.576. The molecule has 1 aliphatic heterocycles. The topological polar surface area (TPSA) is 66.8 Å². The fourth-order valence-electron chi connectivity index (χ4n) is 3.90. The van der Waals surface area contributed by atoms with Crippen LogP contribution in [0.5, 0.6) is 5.75 Å². The van der Waals surface area contributed by atoms with Crippen LogP contribution in [0, 0.1) is 5.82 Å². The highest BCUT2D eigenvalue weighted by Crippen LogP contribution is 2.41. The van der Waals surface area contributed by atoms with Crippen molar-refractivity contribution >= 4 is 17.4 Å². The lowest BCUT2D eigenvalue weighted by Gasteiger charge is -2.27. The molecule has 3 aromatic carbocycles. The molecule has 0 spiro atoms. The van der Waals surface area contributed by atoms with Crippen LogP contribution in [0.15, 0.2) is 90.2 Å². The third-order valence-corrected chi connectivity index (χ3v) is 5.53. The Morgan fingerprint density at radius 3 is 2.28 bits per heavy atom. The number of nitrogens with zero attached hydrogens (tertiary/aromatic N) is 1. The second-order valence-corrected chi connectivity index (χ2v) is 7.50. The van der Waals surface area contributed by atoms with Crippen LogP contribution in [-0.4, -0.2) is 23.9 Å². The Labute approximate surface area is 185 Å². The van der Waals surface area contributed by atoms with E-state index in [1.807, 2.05) is 30.3 Å². The Hall–Kier alpha value is -3.93. The van der Waals surface area contributed by atoms with Crippen molar-refractivity contribution in [3.05, 3.63) is 107 Å². The number of halogens is 1. The van der Waals surface area contributed by atoms with Gasteiger partial charge in [0, 0.05) is 12.1 Å². The summed E-state index contributed by atoms with van der Waals surface area (Å²) in [4.78, 5) is 27.6. The Balaban J connectivity index is 1.71. The molecular weight excluding hydrogens is 409 g/mol. The number of hydrogen-bond donors (Lipinski definition) is 1. The minimum atomic E-state index is -0.861. The van der Waals surface area contributed by atoms with E-state index in [-0.39, 0.29) is 17.8 Å². The van der Waals surface area contributed by atoms with Gasteiger partial charge in [-0.15, -0.1) is 0 Å². The molecule has 0 saturated carbocycles. The molecule has 1 heterocycles. The van der Waals surface area contributed by atoms with E-state index >= 15 is 0 Å². The van der Waals surface area contributed by atoms with Gasteiger partial charge in [0.1, 0.15) is 11.6 Å². The molecule has 6 heteroatoms. The monoisotopic (exact) mass is 431 g/mol. The van der Waals surface area contributed by atoms with Crippen molar-refractivity contribution in [2.75, 3.05) is 12.0 Å². The second kappa shape index (κ2) is 9.06. The molecule has 5 nitrogen and oxygen atoms in total. The van der Waals surface area contributed by atoms with E-state index in [9.17, 15) is 19.1 Å². The van der Waals surface area contributed by atoms with Crippen molar-refractivity contribution < 1.29 is 23.8 Å². The molecule has 0 aliphatic carbocycles. The zero-order chi connectivity index (χ0) is 22.7. The van der Waals surface area contributed by atoms with Crippen LogP contribution in [0.25, 0.3) is 0 Å². The van der Waals surface area contributed by atoms with E-state index in [1.165, 1.54) is 36.3 Å². The molecule has 1 atom stereocenters. The van der Waals surface area contributed by atoms with Crippen LogP contribution in [0.1, 0.15) is 23.6 Å². The average molecular weight is 431 g/mol. The normalized spacial score (nSPS) is 15.9. The fraction of sp³-hybridized carbons (Fsp3) is 0.154. The van der Waals surface area contributed by atoms with Gasteiger partial charge in [0.2, 0.25) is 0 Å². The molecule has 32 heavy (non-hydrogen) atoms. The number of aliphatic hydroxyl groups is 1. The zero-order valence-electron chi connectivity index (χ0n) is 17.5. The second-order valence-electron chi connectivity index (χ2n) is 7.50. The van der Waals surface area contributed by atoms with Crippen LogP contribution in [0.4, 0.5) is 10.1 Å². The van der Waals surface area contributed by atoms with Gasteiger partial charge in [0.15, 0.2) is 11.5 Å². The van der Waals surface area contributed by atoms with Gasteiger partial charge in [0.05, 0.1) is 18.7 Å². The molecule has 1 N–H and O–H groups in total. The van der Waals surface area contributed by atoms with Crippen LogP contribution in [0.3, 0.4) is 0 Å². The lowest BCUT2D eigenvalue weighted by molar-refractivity contribution is -0.118. The maximum atomic E-state index is 13.6. The Morgan fingerprint density at radius 1 is 1.00 bits per heavy atom. The van der Waals surface area contributed by atoms with Crippen molar-refractivity contribution in [2.24, 2.45) is 0 Å². The molecule has 162 valence electrons. The number of Topliss-reactive ketones (excluding diaryl/α,β-unsaturated/α-hetero) is 1. The number of carbonyl (C=O) groups is 2. The smallest absolute Gasteiger partial charge is 0.294 e. The molecule has 0 bridgehead atoms. The maximum Gasteiger partial charge on any atom is 0.294 e. The highest BCUT2D eigenvalue weighted by Gasteiger charge is 2.44. The van der Waals surface area contributed by atoms with Gasteiger partial charge in [-0.05, 0) is 53.9 Å². The molecule has 0 saturated heterocycles. The summed E-state index contributed by atoms with van der Waals surface area (Å²) in [5.41, 5.74) is 2.02. The van der Waals surface area contributed by atoms with Gasteiger partial charge in [-0.3, -0.25) is 14.5 Å². The minimum absolute atomic E-state index is 0.0216. The van der Waals surface area contributed by atoms with E-state index in [4.69, 9.17) is 4.74 Å². The first-order chi connectivity index (χ1) is 15.5. The highest BCUT2D eigenvalue weighted by atomic mass is 19.1. The third-order valence-electron chi connectivity index (χ3n) is 5.53. The van der Waals surface area contributed by atoms with Gasteiger partial charge in [-0.1, -0.05) is 42.5 Å². The van der Waals surface area contributed by atoms with Gasteiger partial charge in [-0.2, -0.15) is 0 Å². The summed E-state index contributed by atoms with van der Waals surface area (Å²) in [5.74, 6) is -1.40.